The lowest BCUT2D eigenvalue weighted by molar-refractivity contribution is -0.130. The van der Waals surface area contributed by atoms with Gasteiger partial charge in [-0.15, -0.1) is 0 Å². The van der Waals surface area contributed by atoms with Crippen molar-refractivity contribution >= 4 is 34.0 Å². The van der Waals surface area contributed by atoms with Crippen molar-refractivity contribution in [3.8, 4) is 0 Å². The van der Waals surface area contributed by atoms with Crippen LogP contribution in [-0.4, -0.2) is 22.2 Å². The summed E-state index contributed by atoms with van der Waals surface area (Å²) in [5.41, 5.74) is 5.11. The largest absolute Gasteiger partial charge is 0.403 e. The van der Waals surface area contributed by atoms with E-state index in [1.807, 2.05) is 0 Å². The summed E-state index contributed by atoms with van der Waals surface area (Å²) in [4.78, 5) is -0.0137. The predicted molar refractivity (Wildman–Crippen MR) is 66.4 cm³/mol. The van der Waals surface area contributed by atoms with Crippen LogP contribution in [0.15, 0.2) is 23.1 Å². The molecule has 0 fully saturated rings. The Bertz CT molecular complexity index is 453. The van der Waals surface area contributed by atoms with Crippen LogP contribution in [0.4, 0.5) is 13.2 Å². The van der Waals surface area contributed by atoms with Crippen molar-refractivity contribution in [3.63, 3.8) is 0 Å². The van der Waals surface area contributed by atoms with E-state index in [-0.39, 0.29) is 21.5 Å². The Morgan fingerprint density at radius 1 is 1.28 bits per heavy atom. The molecular weight excluding hydrogens is 310 g/mol. The van der Waals surface area contributed by atoms with E-state index in [2.05, 4.69) is 0 Å². The third kappa shape index (κ3) is 3.85. The van der Waals surface area contributed by atoms with Gasteiger partial charge < -0.3 is 5.73 Å². The smallest absolute Gasteiger partial charge is 0.330 e. The first-order chi connectivity index (χ1) is 8.27. The maximum atomic E-state index is 12.7. The number of nitrogens with two attached hydrogens (primary N) is 1. The first-order valence-corrected chi connectivity index (χ1v) is 6.86. The maximum absolute atomic E-state index is 12.7. The molecule has 2 atom stereocenters. The molecule has 0 heterocycles. The molecule has 2 nitrogen and oxygen atoms in total. The van der Waals surface area contributed by atoms with Gasteiger partial charge >= 0.3 is 6.18 Å². The third-order valence-corrected chi connectivity index (χ3v) is 4.65. The Hall–Kier alpha value is -0.300. The summed E-state index contributed by atoms with van der Waals surface area (Å²) in [7, 11) is -2.26. The van der Waals surface area contributed by atoms with Gasteiger partial charge in [0, 0.05) is 4.90 Å². The summed E-state index contributed by atoms with van der Waals surface area (Å²) in [6, 6.07) is 3.75. The van der Waals surface area contributed by atoms with Crippen LogP contribution < -0.4 is 5.73 Å². The van der Waals surface area contributed by atoms with Crippen molar-refractivity contribution in [3.05, 3.63) is 28.2 Å². The van der Waals surface area contributed by atoms with Crippen molar-refractivity contribution in [2.45, 2.75) is 22.7 Å². The van der Waals surface area contributed by atoms with Crippen molar-refractivity contribution in [2.75, 3.05) is 6.54 Å². The Morgan fingerprint density at radius 2 is 1.89 bits per heavy atom. The molecule has 0 aliphatic rings. The Morgan fingerprint density at radius 3 is 2.33 bits per heavy atom. The molecule has 0 spiro atoms. The fraction of sp³-hybridized carbons (Fsp3) is 0.400. The average Bonchev–Trinajstić information content (AvgIpc) is 2.27. The van der Waals surface area contributed by atoms with Gasteiger partial charge in [-0.1, -0.05) is 23.2 Å². The number of alkyl halides is 3. The van der Waals surface area contributed by atoms with Crippen molar-refractivity contribution in [1.82, 2.24) is 0 Å². The van der Waals surface area contributed by atoms with Gasteiger partial charge in [-0.3, -0.25) is 4.21 Å². The Balaban J connectivity index is 3.06. The number of halogens is 5. The molecule has 102 valence electrons. The van der Waals surface area contributed by atoms with Gasteiger partial charge in [-0.2, -0.15) is 13.2 Å². The van der Waals surface area contributed by atoms with Crippen LogP contribution in [0.3, 0.4) is 0 Å². The SMILES string of the molecule is NCCC(S(=O)c1ccc(Cl)c(Cl)c1)C(F)(F)F. The van der Waals surface area contributed by atoms with Gasteiger partial charge in [-0.05, 0) is 31.2 Å². The van der Waals surface area contributed by atoms with E-state index in [1.54, 1.807) is 0 Å². The Kier molecular flexibility index (Phi) is 5.46. The third-order valence-electron chi connectivity index (χ3n) is 2.18. The molecule has 1 aromatic carbocycles. The van der Waals surface area contributed by atoms with E-state index < -0.39 is 28.6 Å². The fourth-order valence-electron chi connectivity index (χ4n) is 1.31. The summed E-state index contributed by atoms with van der Waals surface area (Å²) in [6.07, 6.45) is -4.98. The number of hydrogen-bond acceptors (Lipinski definition) is 2. The van der Waals surface area contributed by atoms with Crippen LogP contribution in [0.1, 0.15) is 6.42 Å². The second kappa shape index (κ2) is 6.23. The molecule has 0 aromatic heterocycles. The predicted octanol–water partition coefficient (Wildman–Crippen LogP) is 3.38. The lowest BCUT2D eigenvalue weighted by atomic mass is 10.3. The highest BCUT2D eigenvalue weighted by molar-refractivity contribution is 7.85. The number of rotatable bonds is 4. The van der Waals surface area contributed by atoms with Gasteiger partial charge in [0.1, 0.15) is 5.25 Å². The molecule has 0 aliphatic carbocycles. The summed E-state index contributed by atoms with van der Waals surface area (Å²) in [6.45, 7) is -0.197. The standard InChI is InChI=1S/C10H10Cl2F3NOS/c11-7-2-1-6(5-8(7)12)18(17)9(3-4-16)10(13,14)15/h1-2,5,9H,3-4,16H2. The maximum Gasteiger partial charge on any atom is 0.403 e. The molecular formula is C10H10Cl2F3NOS. The first-order valence-electron chi connectivity index (χ1n) is 4.89. The van der Waals surface area contributed by atoms with Crippen LogP contribution in [0.2, 0.25) is 10.0 Å². The second-order valence-electron chi connectivity index (χ2n) is 3.48. The fourth-order valence-corrected chi connectivity index (χ4v) is 3.03. The zero-order valence-electron chi connectivity index (χ0n) is 9.01. The van der Waals surface area contributed by atoms with Crippen LogP contribution in [0.25, 0.3) is 0 Å². The zero-order valence-corrected chi connectivity index (χ0v) is 11.3. The monoisotopic (exact) mass is 319 g/mol. The molecule has 0 saturated carbocycles. The van der Waals surface area contributed by atoms with Gasteiger partial charge in [0.15, 0.2) is 0 Å². The van der Waals surface area contributed by atoms with E-state index >= 15 is 0 Å². The van der Waals surface area contributed by atoms with Gasteiger partial charge in [0.25, 0.3) is 0 Å². The molecule has 0 radical (unpaired) electrons. The minimum Gasteiger partial charge on any atom is -0.330 e. The summed E-state index contributed by atoms with van der Waals surface area (Å²) >= 11 is 11.3. The van der Waals surface area contributed by atoms with Crippen LogP contribution >= 0.6 is 23.2 Å². The van der Waals surface area contributed by atoms with E-state index in [0.29, 0.717) is 0 Å². The van der Waals surface area contributed by atoms with Crippen molar-refractivity contribution in [1.29, 1.82) is 0 Å². The topological polar surface area (TPSA) is 43.1 Å². The average molecular weight is 320 g/mol. The highest BCUT2D eigenvalue weighted by Gasteiger charge is 2.43. The molecule has 0 saturated heterocycles. The molecule has 0 aliphatic heterocycles. The molecule has 0 amide bonds. The Labute approximate surface area is 115 Å². The second-order valence-corrected chi connectivity index (χ2v) is 5.93. The molecule has 0 bridgehead atoms. The molecule has 2 unspecified atom stereocenters. The van der Waals surface area contributed by atoms with E-state index in [1.165, 1.54) is 18.2 Å². The van der Waals surface area contributed by atoms with Crippen LogP contribution in [0, 0.1) is 0 Å². The van der Waals surface area contributed by atoms with Crippen LogP contribution in [-0.2, 0) is 10.8 Å². The number of hydrogen-bond donors (Lipinski definition) is 1. The van der Waals surface area contributed by atoms with Gasteiger partial charge in [0.2, 0.25) is 0 Å². The molecule has 18 heavy (non-hydrogen) atoms. The molecule has 2 N–H and O–H groups in total. The quantitative estimate of drug-likeness (QED) is 0.924. The lowest BCUT2D eigenvalue weighted by Gasteiger charge is -2.19. The highest BCUT2D eigenvalue weighted by atomic mass is 35.5. The van der Waals surface area contributed by atoms with E-state index in [4.69, 9.17) is 28.9 Å². The molecule has 1 aromatic rings. The molecule has 8 heteroatoms. The van der Waals surface area contributed by atoms with E-state index in [0.717, 1.165) is 0 Å². The minimum absolute atomic E-state index is 0.0137. The summed E-state index contributed by atoms with van der Waals surface area (Å²) in [5.74, 6) is 0. The molecule has 1 rings (SSSR count). The van der Waals surface area contributed by atoms with Crippen LogP contribution in [0.5, 0.6) is 0 Å². The van der Waals surface area contributed by atoms with Gasteiger partial charge in [-0.25, -0.2) is 0 Å². The van der Waals surface area contributed by atoms with Gasteiger partial charge in [0.05, 0.1) is 20.8 Å². The minimum atomic E-state index is -4.57. The number of benzene rings is 1. The summed E-state index contributed by atoms with van der Waals surface area (Å²) in [5, 5.41) is -1.74. The first kappa shape index (κ1) is 15.8. The van der Waals surface area contributed by atoms with Crippen molar-refractivity contribution in [2.24, 2.45) is 5.73 Å². The normalized spacial score (nSPS) is 15.4. The highest BCUT2D eigenvalue weighted by Crippen LogP contribution is 2.32. The van der Waals surface area contributed by atoms with Crippen molar-refractivity contribution < 1.29 is 17.4 Å². The van der Waals surface area contributed by atoms with E-state index in [9.17, 15) is 17.4 Å². The lowest BCUT2D eigenvalue weighted by Crippen LogP contribution is -2.35. The summed E-state index contributed by atoms with van der Waals surface area (Å²) < 4.78 is 50.0. The zero-order chi connectivity index (χ0) is 13.9.